The van der Waals surface area contributed by atoms with Crippen LogP contribution in [0.2, 0.25) is 5.15 Å². The van der Waals surface area contributed by atoms with Crippen LogP contribution >= 0.6 is 56.8 Å². The Morgan fingerprint density at radius 1 is 0.882 bits per heavy atom. The molecule has 0 bridgehead atoms. The summed E-state index contributed by atoms with van der Waals surface area (Å²) in [5.41, 5.74) is 13.9. The molecule has 3 aromatic rings. The molecule has 0 spiro atoms. The summed E-state index contributed by atoms with van der Waals surface area (Å²) in [6, 6.07) is -1.16. The van der Waals surface area contributed by atoms with E-state index in [0.717, 1.165) is 29.5 Å². The fourth-order valence-corrected chi connectivity index (χ4v) is 4.98. The highest BCUT2D eigenvalue weighted by Crippen LogP contribution is 2.28. The lowest BCUT2D eigenvalue weighted by Gasteiger charge is -2.18. The topological polar surface area (TPSA) is 212 Å². The van der Waals surface area contributed by atoms with Crippen molar-refractivity contribution in [2.75, 3.05) is 36.1 Å². The minimum Gasteiger partial charge on any atom is -0.450 e. The van der Waals surface area contributed by atoms with Gasteiger partial charge in [0.2, 0.25) is 11.9 Å². The second-order valence-corrected chi connectivity index (χ2v) is 11.8. The second-order valence-electron chi connectivity index (χ2n) is 10.4. The van der Waals surface area contributed by atoms with E-state index in [4.69, 9.17) is 27.8 Å². The minimum atomic E-state index is -2.93. The van der Waals surface area contributed by atoms with Gasteiger partial charge in [0.25, 0.3) is 11.8 Å². The lowest BCUT2D eigenvalue weighted by Crippen LogP contribution is -2.41. The number of carbonyl (C=O) groups is 3. The number of hydrogen-bond donors (Lipinski definition) is 4. The van der Waals surface area contributed by atoms with Gasteiger partial charge in [-0.2, -0.15) is 0 Å². The number of aromatic nitrogens is 6. The molecule has 5 rings (SSSR count). The Bertz CT molecular complexity index is 1620. The van der Waals surface area contributed by atoms with Crippen LogP contribution in [0.3, 0.4) is 0 Å². The zero-order valence-corrected chi connectivity index (χ0v) is 32.3. The maximum Gasteiger partial charge on any atom is 0.410 e. The van der Waals surface area contributed by atoms with Crippen molar-refractivity contribution in [3.63, 3.8) is 0 Å². The van der Waals surface area contributed by atoms with Gasteiger partial charge in [-0.25, -0.2) is 56.9 Å². The van der Waals surface area contributed by atoms with Crippen molar-refractivity contribution in [3.05, 3.63) is 50.1 Å². The van der Waals surface area contributed by atoms with Gasteiger partial charge in [0.15, 0.2) is 0 Å². The van der Waals surface area contributed by atoms with E-state index in [2.05, 4.69) is 58.1 Å². The molecule has 0 atom stereocenters. The number of nitrogen functional groups attached to an aromatic ring is 2. The molecule has 4 amide bonds. The number of alkyl halides is 5. The van der Waals surface area contributed by atoms with Crippen molar-refractivity contribution in [2.45, 2.75) is 66.2 Å². The van der Waals surface area contributed by atoms with E-state index >= 15 is 0 Å². The third-order valence-electron chi connectivity index (χ3n) is 6.15. The van der Waals surface area contributed by atoms with Crippen molar-refractivity contribution in [3.8, 4) is 0 Å². The van der Waals surface area contributed by atoms with Crippen LogP contribution in [0, 0.1) is 3.70 Å². The SMILES string of the molecule is C.CC(F)(F)CNC(=O)N1Cc2nc(N)nc(I)c2C1.CC(F)(F)CNC(=O)n1ccnc1.CCOC(=O)N1Cc2nc(N)nc(Cl)c2C1.CI. The Balaban J connectivity index is 0.000000376. The van der Waals surface area contributed by atoms with Crippen molar-refractivity contribution in [1.29, 1.82) is 0 Å². The maximum atomic E-state index is 12.7. The van der Waals surface area contributed by atoms with E-state index in [1.54, 1.807) is 6.92 Å². The van der Waals surface area contributed by atoms with Crippen LogP contribution in [0.25, 0.3) is 0 Å². The van der Waals surface area contributed by atoms with Crippen LogP contribution in [0.5, 0.6) is 0 Å². The molecule has 0 fully saturated rings. The average molecular weight is 973 g/mol. The van der Waals surface area contributed by atoms with Gasteiger partial charge in [-0.15, -0.1) is 0 Å². The lowest BCUT2D eigenvalue weighted by atomic mass is 10.3. The minimum absolute atomic E-state index is 0. The zero-order chi connectivity index (χ0) is 37.8. The molecular formula is C28H39ClF4I2N12O4. The molecule has 0 unspecified atom stereocenters. The molecule has 0 saturated carbocycles. The molecule has 3 aromatic heterocycles. The highest BCUT2D eigenvalue weighted by Gasteiger charge is 2.30. The summed E-state index contributed by atoms with van der Waals surface area (Å²) in [5.74, 6) is -5.56. The predicted octanol–water partition coefficient (Wildman–Crippen LogP) is 5.31. The van der Waals surface area contributed by atoms with E-state index in [1.807, 2.05) is 27.5 Å². The van der Waals surface area contributed by atoms with Gasteiger partial charge in [-0.1, -0.05) is 41.6 Å². The molecule has 2 aliphatic heterocycles. The van der Waals surface area contributed by atoms with Gasteiger partial charge in [-0.3, -0.25) is 9.47 Å². The number of carbonyl (C=O) groups excluding carboxylic acids is 3. The van der Waals surface area contributed by atoms with Crippen LogP contribution in [0.4, 0.5) is 43.8 Å². The van der Waals surface area contributed by atoms with E-state index in [-0.39, 0.29) is 32.0 Å². The summed E-state index contributed by atoms with van der Waals surface area (Å²) in [7, 11) is 0. The second kappa shape index (κ2) is 20.5. The Kier molecular flexibility index (Phi) is 18.3. The smallest absolute Gasteiger partial charge is 0.410 e. The standard InChI is InChI=1S/C10H12F2IN5O.C9H11ClN4O2.C7H9F2N3O.CH3I.CH4/c1-10(11,12)4-15-9(19)18-2-5-6(3-18)16-8(14)17-7(5)13;1-2-16-9(15)14-3-5-6(4-14)12-8(11)13-7(5)10;1-7(8,9)4-11-6(13)12-3-2-10-5-12;1-2;/h2-4H2,1H3,(H,15,19)(H2,14,16,17);2-4H2,1H3,(H2,11,12,13);2-3,5H,4H2,1H3,(H,11,13);1H3;1H4. The first-order chi connectivity index (χ1) is 23.4. The fraction of sp³-hybridized carbons (Fsp3) is 0.500. The first-order valence-corrected chi connectivity index (χ1v) is 17.9. The van der Waals surface area contributed by atoms with E-state index in [0.29, 0.717) is 46.5 Å². The molecule has 284 valence electrons. The summed E-state index contributed by atoms with van der Waals surface area (Å²) >= 11 is 10.1. The molecule has 0 saturated heterocycles. The van der Waals surface area contributed by atoms with Crippen molar-refractivity contribution < 1.29 is 36.7 Å². The molecule has 23 heteroatoms. The van der Waals surface area contributed by atoms with Crippen molar-refractivity contribution in [2.24, 2.45) is 0 Å². The number of halogens is 7. The summed E-state index contributed by atoms with van der Waals surface area (Å²) in [4.78, 5) is 58.7. The fourth-order valence-electron chi connectivity index (χ4n) is 4.00. The Labute approximate surface area is 324 Å². The normalized spacial score (nSPS) is 12.7. The maximum absolute atomic E-state index is 12.7. The van der Waals surface area contributed by atoms with Crippen LogP contribution in [0.1, 0.15) is 50.7 Å². The number of hydrogen-bond acceptors (Lipinski definition) is 11. The van der Waals surface area contributed by atoms with Crippen LogP contribution in [-0.4, -0.2) is 93.9 Å². The van der Waals surface area contributed by atoms with Crippen LogP contribution in [0.15, 0.2) is 18.7 Å². The molecule has 51 heavy (non-hydrogen) atoms. The number of urea groups is 1. The highest BCUT2D eigenvalue weighted by molar-refractivity contribution is 14.1. The average Bonchev–Trinajstić information content (AvgIpc) is 3.80. The van der Waals surface area contributed by atoms with Gasteiger partial charge < -0.3 is 31.7 Å². The number of anilines is 2. The number of amides is 4. The van der Waals surface area contributed by atoms with E-state index < -0.39 is 37.0 Å². The highest BCUT2D eigenvalue weighted by atomic mass is 127. The summed E-state index contributed by atoms with van der Waals surface area (Å²) in [6.45, 7) is 3.50. The van der Waals surface area contributed by atoms with E-state index in [1.165, 1.54) is 28.5 Å². The summed E-state index contributed by atoms with van der Waals surface area (Å²) < 4.78 is 56.6. The van der Waals surface area contributed by atoms with Crippen molar-refractivity contribution >= 4 is 86.8 Å². The van der Waals surface area contributed by atoms with Crippen LogP contribution in [-0.2, 0) is 30.9 Å². The van der Waals surface area contributed by atoms with Crippen LogP contribution < -0.4 is 22.1 Å². The monoisotopic (exact) mass is 972 g/mol. The number of imidazole rings is 1. The molecule has 16 nitrogen and oxygen atoms in total. The number of nitrogens with one attached hydrogen (secondary N) is 2. The first kappa shape index (κ1) is 45.5. The van der Waals surface area contributed by atoms with Crippen molar-refractivity contribution in [1.82, 2.24) is 49.9 Å². The third-order valence-corrected chi connectivity index (χ3v) is 7.36. The quantitative estimate of drug-likeness (QED) is 0.111. The number of fused-ring (bicyclic) bond motifs is 2. The largest absolute Gasteiger partial charge is 0.450 e. The van der Waals surface area contributed by atoms with Gasteiger partial charge in [0.05, 0.1) is 57.3 Å². The molecule has 2 aliphatic rings. The van der Waals surface area contributed by atoms with Gasteiger partial charge >= 0.3 is 18.2 Å². The van der Waals surface area contributed by atoms with Gasteiger partial charge in [0.1, 0.15) is 15.2 Å². The predicted molar refractivity (Wildman–Crippen MR) is 198 cm³/mol. The molecule has 0 aromatic carbocycles. The molecule has 0 aliphatic carbocycles. The first-order valence-electron chi connectivity index (χ1n) is 14.3. The number of rotatable bonds is 5. The number of ether oxygens (including phenoxy) is 1. The summed E-state index contributed by atoms with van der Waals surface area (Å²) in [5, 5.41) is 4.55. The Morgan fingerprint density at radius 3 is 1.92 bits per heavy atom. The Morgan fingerprint density at radius 2 is 1.39 bits per heavy atom. The zero-order valence-electron chi connectivity index (χ0n) is 27.2. The molecule has 0 radical (unpaired) electrons. The third kappa shape index (κ3) is 14.9. The lowest BCUT2D eigenvalue weighted by molar-refractivity contribution is 0.0237. The summed E-state index contributed by atoms with van der Waals surface area (Å²) in [6.07, 6.45) is 3.63. The molecular weight excluding hydrogens is 934 g/mol. The number of nitrogens with two attached hydrogens (primary N) is 2. The number of nitrogens with zero attached hydrogens (tertiary/aromatic N) is 8. The Hall–Kier alpha value is -3.55. The van der Waals surface area contributed by atoms with Gasteiger partial charge in [0, 0.05) is 37.4 Å². The molecule has 5 heterocycles. The van der Waals surface area contributed by atoms with E-state index in [9.17, 15) is 31.9 Å². The van der Waals surface area contributed by atoms with Gasteiger partial charge in [-0.05, 0) is 34.4 Å². The molecule has 6 N–H and O–H groups in total.